The van der Waals surface area contributed by atoms with Crippen molar-refractivity contribution in [3.8, 4) is 0 Å². The van der Waals surface area contributed by atoms with Crippen LogP contribution in [0.25, 0.3) is 5.70 Å². The molecule has 1 aromatic heterocycles. The van der Waals surface area contributed by atoms with Gasteiger partial charge in [0.2, 0.25) is 0 Å². The fourth-order valence-electron chi connectivity index (χ4n) is 1.85. The van der Waals surface area contributed by atoms with Crippen molar-refractivity contribution in [1.82, 2.24) is 10.3 Å². The van der Waals surface area contributed by atoms with Gasteiger partial charge in [0, 0.05) is 11.9 Å². The number of aromatic nitrogens is 1. The average molecular weight is 264 g/mol. The van der Waals surface area contributed by atoms with Crippen LogP contribution in [-0.4, -0.2) is 4.98 Å². The molecule has 0 amide bonds. The van der Waals surface area contributed by atoms with E-state index < -0.39 is 0 Å². The molecular formula is C18H20N2. The van der Waals surface area contributed by atoms with Crippen LogP contribution < -0.4 is 5.32 Å². The van der Waals surface area contributed by atoms with Crippen LogP contribution in [0.5, 0.6) is 0 Å². The highest BCUT2D eigenvalue weighted by Gasteiger charge is 2.02. The minimum atomic E-state index is 0.820. The van der Waals surface area contributed by atoms with Crippen molar-refractivity contribution in [2.24, 2.45) is 0 Å². The van der Waals surface area contributed by atoms with E-state index in [2.05, 4.69) is 59.9 Å². The number of rotatable bonds is 5. The van der Waals surface area contributed by atoms with E-state index in [0.29, 0.717) is 0 Å². The van der Waals surface area contributed by atoms with Gasteiger partial charge in [-0.15, -0.1) is 0 Å². The maximum absolute atomic E-state index is 4.05. The molecule has 1 aliphatic rings. The molecule has 0 saturated heterocycles. The Morgan fingerprint density at radius 1 is 1.35 bits per heavy atom. The van der Waals surface area contributed by atoms with Gasteiger partial charge in [-0.05, 0) is 36.6 Å². The van der Waals surface area contributed by atoms with Gasteiger partial charge in [-0.25, -0.2) is 0 Å². The van der Waals surface area contributed by atoms with Crippen LogP contribution >= 0.6 is 0 Å². The predicted octanol–water partition coefficient (Wildman–Crippen LogP) is 4.48. The lowest BCUT2D eigenvalue weighted by atomic mass is 10.1. The van der Waals surface area contributed by atoms with E-state index >= 15 is 0 Å². The Balaban J connectivity index is 1.96. The normalized spacial score (nSPS) is 16.4. The molecule has 2 N–H and O–H groups in total. The standard InChI is InChI=1S/C18H20N2/c1-14(11-12-17-8-5-4-6-9-17)15(2)20-16(3)18-10-7-13-19-18/h4-8,10-13,19-20H,2-3,9H2,1H3/b14-11-,17-12-. The van der Waals surface area contributed by atoms with Gasteiger partial charge >= 0.3 is 0 Å². The predicted molar refractivity (Wildman–Crippen MR) is 86.8 cm³/mol. The van der Waals surface area contributed by atoms with E-state index in [-0.39, 0.29) is 0 Å². The minimum Gasteiger partial charge on any atom is -0.360 e. The minimum absolute atomic E-state index is 0.820. The third-order valence-electron chi connectivity index (χ3n) is 3.16. The first-order chi connectivity index (χ1) is 9.66. The molecule has 2 rings (SSSR count). The summed E-state index contributed by atoms with van der Waals surface area (Å²) in [6, 6.07) is 3.92. The lowest BCUT2D eigenvalue weighted by molar-refractivity contribution is 1.08. The first-order valence-electron chi connectivity index (χ1n) is 6.66. The molecule has 1 aliphatic carbocycles. The lowest BCUT2D eigenvalue weighted by Gasteiger charge is -2.11. The zero-order valence-corrected chi connectivity index (χ0v) is 11.8. The highest BCUT2D eigenvalue weighted by molar-refractivity contribution is 5.61. The first kappa shape index (κ1) is 13.9. The summed E-state index contributed by atoms with van der Waals surface area (Å²) in [7, 11) is 0. The monoisotopic (exact) mass is 264 g/mol. The maximum Gasteiger partial charge on any atom is 0.0613 e. The molecule has 20 heavy (non-hydrogen) atoms. The molecule has 0 saturated carbocycles. The molecule has 0 aromatic carbocycles. The molecule has 102 valence electrons. The van der Waals surface area contributed by atoms with Crippen molar-refractivity contribution >= 4 is 5.70 Å². The molecular weight excluding hydrogens is 244 g/mol. The zero-order valence-electron chi connectivity index (χ0n) is 11.8. The van der Waals surface area contributed by atoms with E-state index in [1.165, 1.54) is 5.57 Å². The molecule has 2 heteroatoms. The van der Waals surface area contributed by atoms with Crippen LogP contribution in [-0.2, 0) is 0 Å². The largest absolute Gasteiger partial charge is 0.360 e. The molecule has 2 nitrogen and oxygen atoms in total. The van der Waals surface area contributed by atoms with Crippen LogP contribution in [0.3, 0.4) is 0 Å². The Labute approximate surface area is 120 Å². The second-order valence-corrected chi connectivity index (χ2v) is 4.75. The molecule has 0 radical (unpaired) electrons. The van der Waals surface area contributed by atoms with Crippen LogP contribution in [0.2, 0.25) is 0 Å². The molecule has 0 bridgehead atoms. The number of hydrogen-bond acceptors (Lipinski definition) is 1. The fourth-order valence-corrected chi connectivity index (χ4v) is 1.85. The molecule has 1 aromatic rings. The van der Waals surface area contributed by atoms with Crippen molar-refractivity contribution in [3.63, 3.8) is 0 Å². The van der Waals surface area contributed by atoms with E-state index in [1.807, 2.05) is 25.3 Å². The third kappa shape index (κ3) is 3.75. The molecule has 0 atom stereocenters. The Kier molecular flexibility index (Phi) is 4.61. The van der Waals surface area contributed by atoms with Crippen molar-refractivity contribution in [1.29, 1.82) is 0 Å². The van der Waals surface area contributed by atoms with E-state index in [1.54, 1.807) is 0 Å². The van der Waals surface area contributed by atoms with Gasteiger partial charge in [0.1, 0.15) is 0 Å². The number of hydrogen-bond donors (Lipinski definition) is 2. The topological polar surface area (TPSA) is 27.8 Å². The fraction of sp³-hybridized carbons (Fsp3) is 0.111. The third-order valence-corrected chi connectivity index (χ3v) is 3.16. The number of nitrogens with one attached hydrogen (secondary N) is 2. The van der Waals surface area contributed by atoms with E-state index in [4.69, 9.17) is 0 Å². The Bertz CT molecular complexity index is 608. The SMILES string of the molecule is C=C(NC(=C)c1ccc[nH]1)/C(C)=C\C=C1\C=CC=CC1. The number of aromatic amines is 1. The van der Waals surface area contributed by atoms with E-state index in [0.717, 1.165) is 29.1 Å². The Morgan fingerprint density at radius 3 is 2.85 bits per heavy atom. The summed E-state index contributed by atoms with van der Waals surface area (Å²) >= 11 is 0. The van der Waals surface area contributed by atoms with Gasteiger partial charge in [0.25, 0.3) is 0 Å². The number of H-pyrrole nitrogens is 1. The van der Waals surface area contributed by atoms with Crippen LogP contribution in [0.15, 0.2) is 84.8 Å². The molecule has 0 spiro atoms. The quantitative estimate of drug-likeness (QED) is 0.754. The van der Waals surface area contributed by atoms with Crippen LogP contribution in [0, 0.1) is 0 Å². The highest BCUT2D eigenvalue weighted by atomic mass is 14.9. The van der Waals surface area contributed by atoms with Crippen molar-refractivity contribution in [2.75, 3.05) is 0 Å². The summed E-state index contributed by atoms with van der Waals surface area (Å²) in [6.45, 7) is 10.1. The van der Waals surface area contributed by atoms with Gasteiger partial charge in [0.05, 0.1) is 11.4 Å². The number of allylic oxidation sites excluding steroid dienone is 8. The van der Waals surface area contributed by atoms with Crippen molar-refractivity contribution < 1.29 is 0 Å². The summed E-state index contributed by atoms with van der Waals surface area (Å²) in [5, 5.41) is 3.22. The van der Waals surface area contributed by atoms with Gasteiger partial charge in [-0.2, -0.15) is 0 Å². The van der Waals surface area contributed by atoms with Crippen molar-refractivity contribution in [3.05, 3.63) is 90.5 Å². The summed E-state index contributed by atoms with van der Waals surface area (Å²) in [5.74, 6) is 0. The summed E-state index contributed by atoms with van der Waals surface area (Å²) in [4.78, 5) is 3.11. The van der Waals surface area contributed by atoms with Gasteiger partial charge in [0.15, 0.2) is 0 Å². The summed E-state index contributed by atoms with van der Waals surface area (Å²) < 4.78 is 0. The van der Waals surface area contributed by atoms with Crippen LogP contribution in [0.4, 0.5) is 0 Å². The Morgan fingerprint density at radius 2 is 2.20 bits per heavy atom. The Hall–Kier alpha value is -2.48. The first-order valence-corrected chi connectivity index (χ1v) is 6.66. The zero-order chi connectivity index (χ0) is 14.4. The molecule has 0 aliphatic heterocycles. The summed E-state index contributed by atoms with van der Waals surface area (Å²) in [5.41, 5.74) is 5.03. The molecule has 0 fully saturated rings. The van der Waals surface area contributed by atoms with Crippen molar-refractivity contribution in [2.45, 2.75) is 13.3 Å². The lowest BCUT2D eigenvalue weighted by Crippen LogP contribution is -2.11. The summed E-state index contributed by atoms with van der Waals surface area (Å²) in [6.07, 6.45) is 15.5. The molecule has 0 unspecified atom stereocenters. The smallest absolute Gasteiger partial charge is 0.0613 e. The second kappa shape index (κ2) is 6.62. The van der Waals surface area contributed by atoms with Crippen LogP contribution in [0.1, 0.15) is 19.0 Å². The van der Waals surface area contributed by atoms with Gasteiger partial charge < -0.3 is 10.3 Å². The highest BCUT2D eigenvalue weighted by Crippen LogP contribution is 2.14. The molecule has 1 heterocycles. The average Bonchev–Trinajstić information content (AvgIpc) is 3.00. The second-order valence-electron chi connectivity index (χ2n) is 4.75. The van der Waals surface area contributed by atoms with Gasteiger partial charge in [-0.3, -0.25) is 0 Å². The van der Waals surface area contributed by atoms with Gasteiger partial charge in [-0.1, -0.05) is 49.6 Å². The maximum atomic E-state index is 4.05. The van der Waals surface area contributed by atoms with E-state index in [9.17, 15) is 0 Å².